The average Bonchev–Trinajstić information content (AvgIpc) is 2.61. The molecule has 0 unspecified atom stereocenters. The molecule has 1 amide bonds. The number of anilines is 3. The minimum atomic E-state index is 0.0532. The van der Waals surface area contributed by atoms with Crippen LogP contribution in [0.2, 0.25) is 0 Å². The van der Waals surface area contributed by atoms with E-state index in [1.807, 2.05) is 42.5 Å². The van der Waals surface area contributed by atoms with Crippen LogP contribution in [0.4, 0.5) is 17.1 Å². The highest BCUT2D eigenvalue weighted by Gasteiger charge is 2.05. The van der Waals surface area contributed by atoms with E-state index in [1.165, 1.54) is 0 Å². The second kappa shape index (κ2) is 8.82. The minimum absolute atomic E-state index is 0.0532. The van der Waals surface area contributed by atoms with Crippen molar-refractivity contribution in [3.8, 4) is 11.5 Å². The molecule has 24 heavy (non-hydrogen) atoms. The fraction of sp³-hybridized carbons (Fsp3) is 0.316. The van der Waals surface area contributed by atoms with Gasteiger partial charge in [0.2, 0.25) is 5.91 Å². The van der Waals surface area contributed by atoms with E-state index >= 15 is 0 Å². The quantitative estimate of drug-likeness (QED) is 0.745. The molecule has 0 saturated carbocycles. The number of carbonyl (C=O) groups is 1. The molecule has 0 aliphatic rings. The fourth-order valence-electron chi connectivity index (χ4n) is 2.28. The van der Waals surface area contributed by atoms with Gasteiger partial charge < -0.3 is 20.1 Å². The Kier molecular flexibility index (Phi) is 6.49. The van der Waals surface area contributed by atoms with E-state index in [-0.39, 0.29) is 5.91 Å². The molecular formula is C19H24N2O3. The van der Waals surface area contributed by atoms with Crippen molar-refractivity contribution in [3.05, 3.63) is 42.5 Å². The highest BCUT2D eigenvalue weighted by molar-refractivity contribution is 5.90. The van der Waals surface area contributed by atoms with Crippen molar-refractivity contribution < 1.29 is 14.3 Å². The van der Waals surface area contributed by atoms with E-state index in [1.54, 1.807) is 14.2 Å². The van der Waals surface area contributed by atoms with Crippen LogP contribution in [0.15, 0.2) is 42.5 Å². The van der Waals surface area contributed by atoms with Crippen molar-refractivity contribution in [2.45, 2.75) is 26.2 Å². The van der Waals surface area contributed by atoms with Gasteiger partial charge in [0, 0.05) is 29.5 Å². The van der Waals surface area contributed by atoms with Crippen LogP contribution in [-0.2, 0) is 4.79 Å². The zero-order valence-corrected chi connectivity index (χ0v) is 14.4. The number of benzene rings is 2. The standard InChI is InChI=1S/C19H24N2O3/c1-4-5-6-19(22)21-15-9-7-14(8-10-15)20-16-11-12-17(23-2)18(13-16)24-3/h7-13,20H,4-6H2,1-3H3,(H,21,22). The maximum Gasteiger partial charge on any atom is 0.224 e. The average molecular weight is 328 g/mol. The summed E-state index contributed by atoms with van der Waals surface area (Å²) in [4.78, 5) is 11.7. The van der Waals surface area contributed by atoms with Crippen LogP contribution in [0.5, 0.6) is 11.5 Å². The van der Waals surface area contributed by atoms with Crippen LogP contribution < -0.4 is 20.1 Å². The zero-order valence-electron chi connectivity index (χ0n) is 14.4. The maximum absolute atomic E-state index is 11.7. The van der Waals surface area contributed by atoms with Crippen LogP contribution in [0, 0.1) is 0 Å². The lowest BCUT2D eigenvalue weighted by molar-refractivity contribution is -0.116. The third-order valence-electron chi connectivity index (χ3n) is 3.60. The van der Waals surface area contributed by atoms with Crippen molar-refractivity contribution in [1.29, 1.82) is 0 Å². The molecule has 128 valence electrons. The summed E-state index contributed by atoms with van der Waals surface area (Å²) in [6.45, 7) is 2.07. The van der Waals surface area contributed by atoms with Gasteiger partial charge in [0.25, 0.3) is 0 Å². The summed E-state index contributed by atoms with van der Waals surface area (Å²) in [6.07, 6.45) is 2.48. The van der Waals surface area contributed by atoms with Gasteiger partial charge in [0.1, 0.15) is 0 Å². The van der Waals surface area contributed by atoms with Crippen molar-refractivity contribution in [1.82, 2.24) is 0 Å². The maximum atomic E-state index is 11.7. The number of hydrogen-bond acceptors (Lipinski definition) is 4. The highest BCUT2D eigenvalue weighted by atomic mass is 16.5. The summed E-state index contributed by atoms with van der Waals surface area (Å²) in [5.41, 5.74) is 2.62. The van der Waals surface area contributed by atoms with Gasteiger partial charge in [-0.15, -0.1) is 0 Å². The topological polar surface area (TPSA) is 59.6 Å². The first-order valence-corrected chi connectivity index (χ1v) is 8.05. The molecule has 0 saturated heterocycles. The number of methoxy groups -OCH3 is 2. The van der Waals surface area contributed by atoms with Gasteiger partial charge in [-0.25, -0.2) is 0 Å². The van der Waals surface area contributed by atoms with Crippen LogP contribution >= 0.6 is 0 Å². The molecule has 0 heterocycles. The first kappa shape index (κ1) is 17.7. The molecule has 0 aliphatic carbocycles. The molecule has 0 fully saturated rings. The lowest BCUT2D eigenvalue weighted by Gasteiger charge is -2.12. The molecule has 0 aromatic heterocycles. The first-order chi connectivity index (χ1) is 11.7. The van der Waals surface area contributed by atoms with E-state index < -0.39 is 0 Å². The molecule has 2 rings (SSSR count). The van der Waals surface area contributed by atoms with Gasteiger partial charge >= 0.3 is 0 Å². The van der Waals surface area contributed by atoms with Crippen molar-refractivity contribution in [3.63, 3.8) is 0 Å². The second-order valence-corrected chi connectivity index (χ2v) is 5.42. The Morgan fingerprint density at radius 2 is 1.54 bits per heavy atom. The Balaban J connectivity index is 2.00. The smallest absolute Gasteiger partial charge is 0.224 e. The summed E-state index contributed by atoms with van der Waals surface area (Å²) in [5, 5.41) is 6.19. The van der Waals surface area contributed by atoms with Crippen LogP contribution in [0.1, 0.15) is 26.2 Å². The van der Waals surface area contributed by atoms with Crippen LogP contribution in [0.3, 0.4) is 0 Å². The molecule has 2 N–H and O–H groups in total. The zero-order chi connectivity index (χ0) is 17.4. The highest BCUT2D eigenvalue weighted by Crippen LogP contribution is 2.31. The molecule has 2 aromatic carbocycles. The molecule has 0 bridgehead atoms. The largest absolute Gasteiger partial charge is 0.493 e. The Morgan fingerprint density at radius 3 is 2.17 bits per heavy atom. The van der Waals surface area contributed by atoms with E-state index in [9.17, 15) is 4.79 Å². The Bertz CT molecular complexity index is 669. The number of ether oxygens (including phenoxy) is 2. The lowest BCUT2D eigenvalue weighted by atomic mass is 10.2. The van der Waals surface area contributed by atoms with Gasteiger partial charge in [-0.1, -0.05) is 13.3 Å². The Hall–Kier alpha value is -2.69. The summed E-state index contributed by atoms with van der Waals surface area (Å²) < 4.78 is 10.5. The number of amides is 1. The number of carbonyl (C=O) groups excluding carboxylic acids is 1. The van der Waals surface area contributed by atoms with Gasteiger partial charge in [0.05, 0.1) is 14.2 Å². The molecule has 0 aliphatic heterocycles. The SMILES string of the molecule is CCCCC(=O)Nc1ccc(Nc2ccc(OC)c(OC)c2)cc1. The monoisotopic (exact) mass is 328 g/mol. The number of unbranched alkanes of at least 4 members (excludes halogenated alkanes) is 1. The number of nitrogens with one attached hydrogen (secondary N) is 2. The molecule has 0 atom stereocenters. The van der Waals surface area contributed by atoms with Gasteiger partial charge in [0.15, 0.2) is 11.5 Å². The molecule has 0 radical (unpaired) electrons. The van der Waals surface area contributed by atoms with Crippen molar-refractivity contribution in [2.24, 2.45) is 0 Å². The van der Waals surface area contributed by atoms with E-state index in [4.69, 9.17) is 9.47 Å². The van der Waals surface area contributed by atoms with Gasteiger partial charge in [-0.05, 0) is 42.8 Å². The predicted molar refractivity (Wildman–Crippen MR) is 97.4 cm³/mol. The second-order valence-electron chi connectivity index (χ2n) is 5.42. The number of hydrogen-bond donors (Lipinski definition) is 2. The Morgan fingerprint density at radius 1 is 0.917 bits per heavy atom. The summed E-state index contributed by atoms with van der Waals surface area (Å²) in [6, 6.07) is 13.3. The summed E-state index contributed by atoms with van der Waals surface area (Å²) in [7, 11) is 3.22. The normalized spacial score (nSPS) is 10.1. The Labute approximate surface area is 143 Å². The van der Waals surface area contributed by atoms with Crippen molar-refractivity contribution in [2.75, 3.05) is 24.9 Å². The van der Waals surface area contributed by atoms with Gasteiger partial charge in [-0.2, -0.15) is 0 Å². The van der Waals surface area contributed by atoms with E-state index in [0.29, 0.717) is 17.9 Å². The summed E-state index contributed by atoms with van der Waals surface area (Å²) >= 11 is 0. The van der Waals surface area contributed by atoms with E-state index in [0.717, 1.165) is 29.9 Å². The molecule has 0 spiro atoms. The van der Waals surface area contributed by atoms with Crippen LogP contribution in [0.25, 0.3) is 0 Å². The first-order valence-electron chi connectivity index (χ1n) is 8.05. The minimum Gasteiger partial charge on any atom is -0.493 e. The predicted octanol–water partition coefficient (Wildman–Crippen LogP) is 4.58. The number of rotatable bonds is 8. The van der Waals surface area contributed by atoms with Crippen LogP contribution in [-0.4, -0.2) is 20.1 Å². The molecule has 5 heteroatoms. The lowest BCUT2D eigenvalue weighted by Crippen LogP contribution is -2.10. The van der Waals surface area contributed by atoms with Gasteiger partial charge in [-0.3, -0.25) is 4.79 Å². The molecule has 5 nitrogen and oxygen atoms in total. The third-order valence-corrected chi connectivity index (χ3v) is 3.60. The molecular weight excluding hydrogens is 304 g/mol. The van der Waals surface area contributed by atoms with E-state index in [2.05, 4.69) is 17.6 Å². The summed E-state index contributed by atoms with van der Waals surface area (Å²) in [5.74, 6) is 1.41. The fourth-order valence-corrected chi connectivity index (χ4v) is 2.28. The van der Waals surface area contributed by atoms with Crippen molar-refractivity contribution >= 4 is 23.0 Å². The molecule has 2 aromatic rings. The third kappa shape index (κ3) is 4.91.